The Labute approximate surface area is 126 Å². The molecule has 1 atom stereocenters. The van der Waals surface area contributed by atoms with E-state index in [9.17, 15) is 4.79 Å². The highest BCUT2D eigenvalue weighted by atomic mass is 16.5. The molecule has 0 bridgehead atoms. The maximum absolute atomic E-state index is 11.5. The summed E-state index contributed by atoms with van der Waals surface area (Å²) >= 11 is 0. The summed E-state index contributed by atoms with van der Waals surface area (Å²) in [5.41, 5.74) is 9.67. The number of nitrogens with one attached hydrogen (secondary N) is 2. The van der Waals surface area contributed by atoms with Crippen LogP contribution in [0.25, 0.3) is 0 Å². The largest absolute Gasteiger partial charge is 0.397 e. The third-order valence-electron chi connectivity index (χ3n) is 3.82. The topological polar surface area (TPSA) is 76.4 Å². The number of rotatable bonds is 6. The summed E-state index contributed by atoms with van der Waals surface area (Å²) in [5, 5.41) is 6.35. The number of benzene rings is 1. The van der Waals surface area contributed by atoms with E-state index < -0.39 is 0 Å². The lowest BCUT2D eigenvalue weighted by Gasteiger charge is -2.26. The number of nitrogen functional groups attached to an aromatic ring is 1. The van der Waals surface area contributed by atoms with Gasteiger partial charge in [-0.3, -0.25) is 4.79 Å². The molecule has 21 heavy (non-hydrogen) atoms. The van der Waals surface area contributed by atoms with Crippen molar-refractivity contribution in [3.63, 3.8) is 0 Å². The zero-order valence-corrected chi connectivity index (χ0v) is 13.0. The Bertz CT molecular complexity index is 514. The van der Waals surface area contributed by atoms with Gasteiger partial charge in [0.05, 0.1) is 24.0 Å². The first-order valence-corrected chi connectivity index (χ1v) is 7.57. The van der Waals surface area contributed by atoms with Crippen molar-refractivity contribution in [2.45, 2.75) is 39.7 Å². The summed E-state index contributed by atoms with van der Waals surface area (Å²) in [5.74, 6) is 0.481. The molecule has 1 amide bonds. The van der Waals surface area contributed by atoms with Gasteiger partial charge in [-0.2, -0.15) is 0 Å². The van der Waals surface area contributed by atoms with Crippen molar-refractivity contribution < 1.29 is 9.53 Å². The van der Waals surface area contributed by atoms with E-state index >= 15 is 0 Å². The molecule has 0 radical (unpaired) electrons. The van der Waals surface area contributed by atoms with Gasteiger partial charge in [-0.25, -0.2) is 0 Å². The predicted octanol–water partition coefficient (Wildman–Crippen LogP) is 2.63. The van der Waals surface area contributed by atoms with Crippen molar-refractivity contribution in [1.29, 1.82) is 0 Å². The number of nitrogens with two attached hydrogens (primary N) is 1. The number of hydrogen-bond donors (Lipinski definition) is 3. The van der Waals surface area contributed by atoms with E-state index in [0.29, 0.717) is 31.2 Å². The van der Waals surface area contributed by atoms with Crippen molar-refractivity contribution in [2.24, 2.45) is 5.92 Å². The van der Waals surface area contributed by atoms with Crippen LogP contribution >= 0.6 is 0 Å². The maximum atomic E-state index is 11.5. The molecule has 0 spiro atoms. The highest BCUT2D eigenvalue weighted by molar-refractivity contribution is 5.95. The van der Waals surface area contributed by atoms with Gasteiger partial charge < -0.3 is 21.1 Å². The van der Waals surface area contributed by atoms with E-state index in [1.807, 2.05) is 19.1 Å². The summed E-state index contributed by atoms with van der Waals surface area (Å²) in [4.78, 5) is 11.5. The molecular weight excluding hydrogens is 266 g/mol. The molecule has 1 heterocycles. The van der Waals surface area contributed by atoms with Gasteiger partial charge >= 0.3 is 0 Å². The van der Waals surface area contributed by atoms with E-state index in [4.69, 9.17) is 10.5 Å². The third kappa shape index (κ3) is 3.88. The molecule has 5 nitrogen and oxygen atoms in total. The predicted molar refractivity (Wildman–Crippen MR) is 86.5 cm³/mol. The maximum Gasteiger partial charge on any atom is 0.224 e. The van der Waals surface area contributed by atoms with E-state index in [1.165, 1.54) is 0 Å². The van der Waals surface area contributed by atoms with E-state index in [-0.39, 0.29) is 11.9 Å². The first-order chi connectivity index (χ1) is 10.0. The van der Waals surface area contributed by atoms with Crippen LogP contribution in [-0.2, 0) is 16.0 Å². The molecule has 0 aliphatic carbocycles. The van der Waals surface area contributed by atoms with Gasteiger partial charge in [0.15, 0.2) is 0 Å². The van der Waals surface area contributed by atoms with Gasteiger partial charge in [-0.05, 0) is 37.0 Å². The number of amides is 1. The number of ether oxygens (including phenoxy) is 1. The fraction of sp³-hybridized carbons (Fsp3) is 0.562. The molecule has 0 fully saturated rings. The van der Waals surface area contributed by atoms with E-state index in [1.54, 1.807) is 0 Å². The Morgan fingerprint density at radius 2 is 2.14 bits per heavy atom. The quantitative estimate of drug-likeness (QED) is 0.704. The normalized spacial score (nSPS) is 15.5. The lowest BCUT2D eigenvalue weighted by molar-refractivity contribution is -0.116. The Balaban J connectivity index is 2.18. The van der Waals surface area contributed by atoms with E-state index in [2.05, 4.69) is 24.5 Å². The zero-order chi connectivity index (χ0) is 15.4. The van der Waals surface area contributed by atoms with Gasteiger partial charge in [0, 0.05) is 18.7 Å². The second-order valence-electron chi connectivity index (χ2n) is 5.80. The van der Waals surface area contributed by atoms with Gasteiger partial charge in [-0.1, -0.05) is 13.8 Å². The Morgan fingerprint density at radius 1 is 1.38 bits per heavy atom. The Hall–Kier alpha value is -1.75. The van der Waals surface area contributed by atoms with Gasteiger partial charge in [0.1, 0.15) is 0 Å². The summed E-state index contributed by atoms with van der Waals surface area (Å²) in [7, 11) is 0. The Kier molecular flexibility index (Phi) is 5.07. The minimum atomic E-state index is 0.0629. The fourth-order valence-electron chi connectivity index (χ4n) is 2.42. The molecule has 1 aromatic rings. The molecule has 5 heteroatoms. The van der Waals surface area contributed by atoms with E-state index in [0.717, 1.165) is 23.4 Å². The van der Waals surface area contributed by atoms with Crippen LogP contribution in [0.15, 0.2) is 12.1 Å². The van der Waals surface area contributed by atoms with Crippen LogP contribution < -0.4 is 16.4 Å². The third-order valence-corrected chi connectivity index (χ3v) is 3.82. The molecule has 1 unspecified atom stereocenters. The summed E-state index contributed by atoms with van der Waals surface area (Å²) in [6.07, 6.45) is 1.27. The monoisotopic (exact) mass is 291 g/mol. The molecule has 2 rings (SSSR count). The fourth-order valence-corrected chi connectivity index (χ4v) is 2.42. The first-order valence-electron chi connectivity index (χ1n) is 7.57. The van der Waals surface area contributed by atoms with Crippen LogP contribution in [0.5, 0.6) is 0 Å². The van der Waals surface area contributed by atoms with Crippen LogP contribution in [0.3, 0.4) is 0 Å². The molecule has 0 saturated heterocycles. The molecular formula is C16H25N3O2. The molecule has 4 N–H and O–H groups in total. The number of carbonyl (C=O) groups excluding carboxylic acids is 1. The SMILES string of the molecule is CCOCC(Nc1cc2c(cc1N)CCC(=O)N2)C(C)C. The minimum absolute atomic E-state index is 0.0629. The van der Waals surface area contributed by atoms with Crippen LogP contribution in [0.2, 0.25) is 0 Å². The standard InChI is InChI=1S/C16H25N3O2/c1-4-21-9-15(10(2)3)18-14-8-13-11(7-12(14)17)5-6-16(20)19-13/h7-8,10,15,18H,4-6,9,17H2,1-3H3,(H,19,20). The van der Waals surface area contributed by atoms with Crippen molar-refractivity contribution >= 4 is 23.0 Å². The zero-order valence-electron chi connectivity index (χ0n) is 13.0. The average molecular weight is 291 g/mol. The summed E-state index contributed by atoms with van der Waals surface area (Å²) < 4.78 is 5.53. The second kappa shape index (κ2) is 6.80. The van der Waals surface area contributed by atoms with Crippen LogP contribution in [0, 0.1) is 5.92 Å². The summed E-state index contributed by atoms with van der Waals surface area (Å²) in [6, 6.07) is 4.07. The highest BCUT2D eigenvalue weighted by Gasteiger charge is 2.19. The van der Waals surface area contributed by atoms with Crippen molar-refractivity contribution in [1.82, 2.24) is 0 Å². The van der Waals surface area contributed by atoms with Crippen LogP contribution in [0.4, 0.5) is 17.1 Å². The average Bonchev–Trinajstić information content (AvgIpc) is 2.44. The molecule has 1 aromatic carbocycles. The molecule has 1 aliphatic rings. The first kappa shape index (κ1) is 15.6. The highest BCUT2D eigenvalue weighted by Crippen LogP contribution is 2.31. The molecule has 116 valence electrons. The van der Waals surface area contributed by atoms with Gasteiger partial charge in [0.2, 0.25) is 5.91 Å². The Morgan fingerprint density at radius 3 is 2.81 bits per heavy atom. The van der Waals surface area contributed by atoms with Crippen molar-refractivity contribution in [2.75, 3.05) is 29.6 Å². The number of carbonyl (C=O) groups is 1. The number of fused-ring (bicyclic) bond motifs is 1. The van der Waals surface area contributed by atoms with Crippen molar-refractivity contribution in [3.05, 3.63) is 17.7 Å². The van der Waals surface area contributed by atoms with Gasteiger partial charge in [0.25, 0.3) is 0 Å². The van der Waals surface area contributed by atoms with Crippen LogP contribution in [-0.4, -0.2) is 25.2 Å². The molecule has 0 saturated carbocycles. The number of aryl methyl sites for hydroxylation is 1. The van der Waals surface area contributed by atoms with Gasteiger partial charge in [-0.15, -0.1) is 0 Å². The van der Waals surface area contributed by atoms with Crippen molar-refractivity contribution in [3.8, 4) is 0 Å². The second-order valence-corrected chi connectivity index (χ2v) is 5.80. The molecule has 0 aromatic heterocycles. The minimum Gasteiger partial charge on any atom is -0.397 e. The lowest BCUT2D eigenvalue weighted by Crippen LogP contribution is -2.31. The lowest BCUT2D eigenvalue weighted by atomic mass is 10.00. The number of anilines is 3. The smallest absolute Gasteiger partial charge is 0.224 e. The number of hydrogen-bond acceptors (Lipinski definition) is 4. The molecule has 1 aliphatic heterocycles. The summed E-state index contributed by atoms with van der Waals surface area (Å²) in [6.45, 7) is 7.61. The van der Waals surface area contributed by atoms with Crippen LogP contribution in [0.1, 0.15) is 32.8 Å².